The lowest BCUT2D eigenvalue weighted by Crippen LogP contribution is -3.13. The lowest BCUT2D eigenvalue weighted by Gasteiger charge is -2.32. The molecule has 1 aliphatic carbocycles. The molecule has 1 N–H and O–H groups in total. The van der Waals surface area contributed by atoms with Gasteiger partial charge in [-0.25, -0.2) is 0 Å². The predicted molar refractivity (Wildman–Crippen MR) is 107 cm³/mol. The van der Waals surface area contributed by atoms with Crippen LogP contribution in [-0.2, 0) is 20.1 Å². The number of thiophene rings is 1. The summed E-state index contributed by atoms with van der Waals surface area (Å²) in [4.78, 5) is 3.22. The van der Waals surface area contributed by atoms with Crippen LogP contribution in [0.2, 0.25) is 0 Å². The van der Waals surface area contributed by atoms with Crippen LogP contribution in [0.25, 0.3) is 11.4 Å². The first-order valence-corrected chi connectivity index (χ1v) is 10.6. The van der Waals surface area contributed by atoms with E-state index in [1.165, 1.54) is 25.8 Å². The Morgan fingerprint density at radius 2 is 2.04 bits per heavy atom. The standard InChI is InChI=1S/C20H22N4S2/c1-22-19(15-5-3-2-4-6-15)21-24(20(22)25)13-23-11-9-17-16(10-12-26-17)18(23)14-7-8-14/h2-6,10,12,14,18H,7-9,11,13H2,1H3/p+1/t18-/m1/s1. The van der Waals surface area contributed by atoms with E-state index in [0.717, 1.165) is 28.7 Å². The van der Waals surface area contributed by atoms with Gasteiger partial charge in [-0.05, 0) is 36.5 Å². The number of hydrogen-bond donors (Lipinski definition) is 1. The highest BCUT2D eigenvalue weighted by atomic mass is 32.1. The van der Waals surface area contributed by atoms with Gasteiger partial charge in [0.2, 0.25) is 4.77 Å². The Kier molecular flexibility index (Phi) is 4.07. The maximum absolute atomic E-state index is 5.72. The van der Waals surface area contributed by atoms with E-state index in [9.17, 15) is 0 Å². The smallest absolute Gasteiger partial charge is 0.202 e. The van der Waals surface area contributed by atoms with Crippen LogP contribution in [0.15, 0.2) is 41.8 Å². The van der Waals surface area contributed by atoms with E-state index in [4.69, 9.17) is 17.3 Å². The van der Waals surface area contributed by atoms with Crippen LogP contribution >= 0.6 is 23.6 Å². The summed E-state index contributed by atoms with van der Waals surface area (Å²) in [6.45, 7) is 2.03. The van der Waals surface area contributed by atoms with Gasteiger partial charge >= 0.3 is 0 Å². The number of benzene rings is 1. The Labute approximate surface area is 162 Å². The van der Waals surface area contributed by atoms with Gasteiger partial charge in [0.05, 0.1) is 6.54 Å². The first-order chi connectivity index (χ1) is 12.7. The lowest BCUT2D eigenvalue weighted by molar-refractivity contribution is -0.958. The first-order valence-electron chi connectivity index (χ1n) is 9.32. The molecule has 0 radical (unpaired) electrons. The highest BCUT2D eigenvalue weighted by Crippen LogP contribution is 2.42. The van der Waals surface area contributed by atoms with Gasteiger partial charge in [0.1, 0.15) is 6.04 Å². The first kappa shape index (κ1) is 16.4. The van der Waals surface area contributed by atoms with Gasteiger partial charge in [0.15, 0.2) is 12.5 Å². The molecule has 26 heavy (non-hydrogen) atoms. The summed E-state index contributed by atoms with van der Waals surface area (Å²) < 4.78 is 4.89. The summed E-state index contributed by atoms with van der Waals surface area (Å²) in [7, 11) is 2.02. The molecule has 1 unspecified atom stereocenters. The summed E-state index contributed by atoms with van der Waals surface area (Å²) in [5, 5.41) is 7.16. The third kappa shape index (κ3) is 2.76. The Morgan fingerprint density at radius 3 is 2.81 bits per heavy atom. The van der Waals surface area contributed by atoms with Crippen molar-refractivity contribution in [1.29, 1.82) is 0 Å². The summed E-state index contributed by atoms with van der Waals surface area (Å²) >= 11 is 7.64. The van der Waals surface area contributed by atoms with E-state index in [-0.39, 0.29) is 0 Å². The normalized spacial score (nSPS) is 22.3. The zero-order valence-corrected chi connectivity index (χ0v) is 16.5. The van der Waals surface area contributed by atoms with Crippen molar-refractivity contribution in [2.45, 2.75) is 32.0 Å². The molecule has 4 nitrogen and oxygen atoms in total. The van der Waals surface area contributed by atoms with Crippen LogP contribution in [0.4, 0.5) is 0 Å². The molecule has 2 aliphatic rings. The third-order valence-corrected chi connectivity index (χ3v) is 7.23. The van der Waals surface area contributed by atoms with Crippen molar-refractivity contribution in [3.63, 3.8) is 0 Å². The van der Waals surface area contributed by atoms with E-state index in [0.29, 0.717) is 6.04 Å². The summed E-state index contributed by atoms with van der Waals surface area (Å²) in [5.41, 5.74) is 2.71. The third-order valence-electron chi connectivity index (χ3n) is 5.75. The van der Waals surface area contributed by atoms with Crippen molar-refractivity contribution in [2.75, 3.05) is 6.54 Å². The van der Waals surface area contributed by atoms with Gasteiger partial charge in [0.25, 0.3) is 0 Å². The number of aromatic nitrogens is 3. The van der Waals surface area contributed by atoms with Crippen molar-refractivity contribution in [3.05, 3.63) is 57.0 Å². The SMILES string of the molecule is Cn1c(-c2ccccc2)nn(C[NH+]2CCc3sccc3[C@H]2C2CC2)c1=S. The molecule has 5 rings (SSSR count). The molecule has 3 aromatic rings. The van der Waals surface area contributed by atoms with Crippen molar-refractivity contribution in [3.8, 4) is 11.4 Å². The second kappa shape index (κ2) is 6.44. The number of fused-ring (bicyclic) bond motifs is 1. The largest absolute Gasteiger partial charge is 0.310 e. The van der Waals surface area contributed by atoms with Crippen LogP contribution < -0.4 is 4.90 Å². The molecule has 2 atom stereocenters. The molecule has 2 aromatic heterocycles. The van der Waals surface area contributed by atoms with Gasteiger partial charge in [-0.2, -0.15) is 4.68 Å². The molecule has 1 fully saturated rings. The maximum Gasteiger partial charge on any atom is 0.202 e. The molecule has 6 heteroatoms. The van der Waals surface area contributed by atoms with Crippen molar-refractivity contribution in [2.24, 2.45) is 13.0 Å². The Morgan fingerprint density at radius 1 is 1.23 bits per heavy atom. The molecule has 0 saturated heterocycles. The van der Waals surface area contributed by atoms with Crippen LogP contribution in [0.5, 0.6) is 0 Å². The number of rotatable bonds is 4. The van der Waals surface area contributed by atoms with Crippen LogP contribution in [-0.4, -0.2) is 20.9 Å². The van der Waals surface area contributed by atoms with E-state index < -0.39 is 0 Å². The minimum Gasteiger partial charge on any atom is -0.310 e. The van der Waals surface area contributed by atoms with Gasteiger partial charge in [-0.1, -0.05) is 30.3 Å². The zero-order valence-electron chi connectivity index (χ0n) is 14.9. The van der Waals surface area contributed by atoms with Gasteiger partial charge in [0, 0.05) is 35.4 Å². The van der Waals surface area contributed by atoms with Crippen molar-refractivity contribution >= 4 is 23.6 Å². The highest BCUT2D eigenvalue weighted by molar-refractivity contribution is 7.71. The molecule has 1 aromatic carbocycles. The predicted octanol–water partition coefficient (Wildman–Crippen LogP) is 3.23. The fraction of sp³-hybridized carbons (Fsp3) is 0.400. The van der Waals surface area contributed by atoms with Crippen molar-refractivity contribution in [1.82, 2.24) is 14.3 Å². The summed E-state index contributed by atoms with van der Waals surface area (Å²) in [6, 6.07) is 13.3. The van der Waals surface area contributed by atoms with E-state index in [1.54, 1.807) is 15.3 Å². The Bertz CT molecular complexity index is 981. The van der Waals surface area contributed by atoms with E-state index >= 15 is 0 Å². The second-order valence-corrected chi connectivity index (χ2v) is 8.83. The Balaban J connectivity index is 1.47. The Hall–Kier alpha value is -1.76. The average molecular weight is 384 g/mol. The molecule has 1 aliphatic heterocycles. The topological polar surface area (TPSA) is 27.2 Å². The summed E-state index contributed by atoms with van der Waals surface area (Å²) in [5.74, 6) is 1.79. The molecule has 0 bridgehead atoms. The molecule has 0 amide bonds. The monoisotopic (exact) mass is 383 g/mol. The molecule has 3 heterocycles. The zero-order chi connectivity index (χ0) is 17.7. The van der Waals surface area contributed by atoms with Crippen LogP contribution in [0.3, 0.4) is 0 Å². The second-order valence-electron chi connectivity index (χ2n) is 7.46. The molecular formula is C20H23N4S2+. The highest BCUT2D eigenvalue weighted by Gasteiger charge is 2.43. The number of nitrogens with one attached hydrogen (secondary N) is 1. The summed E-state index contributed by atoms with van der Waals surface area (Å²) in [6.07, 6.45) is 3.91. The van der Waals surface area contributed by atoms with Gasteiger partial charge in [-0.3, -0.25) is 0 Å². The molecule has 0 spiro atoms. The number of nitrogens with zero attached hydrogens (tertiary/aromatic N) is 3. The lowest BCUT2D eigenvalue weighted by atomic mass is 9.96. The molecular weight excluding hydrogens is 360 g/mol. The van der Waals surface area contributed by atoms with Crippen LogP contribution in [0, 0.1) is 10.7 Å². The fourth-order valence-electron chi connectivity index (χ4n) is 4.30. The van der Waals surface area contributed by atoms with Crippen LogP contribution in [0.1, 0.15) is 29.3 Å². The molecule has 134 valence electrons. The average Bonchev–Trinajstić information content (AvgIpc) is 3.33. The minimum absolute atomic E-state index is 0.620. The quantitative estimate of drug-likeness (QED) is 0.701. The number of quaternary nitrogens is 1. The minimum atomic E-state index is 0.620. The number of hydrogen-bond acceptors (Lipinski definition) is 3. The van der Waals surface area contributed by atoms with Gasteiger partial charge in [-0.15, -0.1) is 16.4 Å². The van der Waals surface area contributed by atoms with Crippen molar-refractivity contribution < 1.29 is 4.90 Å². The van der Waals surface area contributed by atoms with E-state index in [1.807, 2.05) is 33.7 Å². The fourth-order valence-corrected chi connectivity index (χ4v) is 5.42. The molecule has 1 saturated carbocycles. The van der Waals surface area contributed by atoms with Gasteiger partial charge < -0.3 is 9.47 Å². The van der Waals surface area contributed by atoms with E-state index in [2.05, 4.69) is 35.7 Å². The maximum atomic E-state index is 5.72.